The molecule has 0 fully saturated rings. The summed E-state index contributed by atoms with van der Waals surface area (Å²) in [5.41, 5.74) is 0.982. The highest BCUT2D eigenvalue weighted by Crippen LogP contribution is 2.14. The summed E-state index contributed by atoms with van der Waals surface area (Å²) in [6, 6.07) is 5.11. The smallest absolute Gasteiger partial charge is 0.251 e. The monoisotopic (exact) mass is 340 g/mol. The van der Waals surface area contributed by atoms with Crippen LogP contribution < -0.4 is 10.9 Å². The molecule has 0 radical (unpaired) electrons. The Hall–Kier alpha value is -1.40. The molecule has 2 aromatic rings. The number of aryl methyl sites for hydroxylation is 1. The van der Waals surface area contributed by atoms with Gasteiger partial charge in [0.1, 0.15) is 6.54 Å². The fourth-order valence-electron chi connectivity index (χ4n) is 1.60. The molecular formula is C13H13BrN2O2S. The van der Waals surface area contributed by atoms with Gasteiger partial charge in [0.25, 0.3) is 5.56 Å². The first-order valence-electron chi connectivity index (χ1n) is 5.72. The fourth-order valence-corrected chi connectivity index (χ4v) is 2.83. The third kappa shape index (κ3) is 3.78. The highest BCUT2D eigenvalue weighted by Gasteiger charge is 2.06. The van der Waals surface area contributed by atoms with E-state index in [1.165, 1.54) is 16.2 Å². The SMILES string of the molecule is Cc1ccsc1CNC(=O)Cn1cc(Br)ccc1=O. The molecule has 0 aliphatic heterocycles. The highest BCUT2D eigenvalue weighted by molar-refractivity contribution is 9.10. The van der Waals surface area contributed by atoms with Crippen LogP contribution in [0.2, 0.25) is 0 Å². The molecule has 0 atom stereocenters. The molecule has 2 aromatic heterocycles. The largest absolute Gasteiger partial charge is 0.350 e. The van der Waals surface area contributed by atoms with Gasteiger partial charge in [0.05, 0.1) is 6.54 Å². The topological polar surface area (TPSA) is 51.1 Å². The van der Waals surface area contributed by atoms with E-state index in [0.717, 1.165) is 9.35 Å². The second kappa shape index (κ2) is 6.16. The molecule has 2 heterocycles. The molecule has 0 saturated heterocycles. The highest BCUT2D eigenvalue weighted by atomic mass is 79.9. The van der Waals surface area contributed by atoms with Gasteiger partial charge in [-0.2, -0.15) is 0 Å². The number of halogens is 1. The zero-order chi connectivity index (χ0) is 13.8. The van der Waals surface area contributed by atoms with Crippen molar-refractivity contribution in [3.05, 3.63) is 55.0 Å². The van der Waals surface area contributed by atoms with Gasteiger partial charge in [0.15, 0.2) is 0 Å². The van der Waals surface area contributed by atoms with E-state index in [1.807, 2.05) is 18.4 Å². The minimum Gasteiger partial charge on any atom is -0.350 e. The molecule has 4 nitrogen and oxygen atoms in total. The molecule has 0 bridgehead atoms. The number of rotatable bonds is 4. The van der Waals surface area contributed by atoms with E-state index in [4.69, 9.17) is 0 Å². The summed E-state index contributed by atoms with van der Waals surface area (Å²) in [5, 5.41) is 4.81. The van der Waals surface area contributed by atoms with Crippen LogP contribution in [0.4, 0.5) is 0 Å². The average molecular weight is 341 g/mol. The van der Waals surface area contributed by atoms with E-state index >= 15 is 0 Å². The van der Waals surface area contributed by atoms with Gasteiger partial charge >= 0.3 is 0 Å². The molecule has 6 heteroatoms. The third-order valence-corrected chi connectivity index (χ3v) is 4.17. The fraction of sp³-hybridized carbons (Fsp3) is 0.231. The molecule has 0 aliphatic rings. The zero-order valence-electron chi connectivity index (χ0n) is 10.4. The first-order valence-corrected chi connectivity index (χ1v) is 7.39. The maximum absolute atomic E-state index is 11.8. The molecule has 1 N–H and O–H groups in total. The number of nitrogens with zero attached hydrogens (tertiary/aromatic N) is 1. The van der Waals surface area contributed by atoms with Crippen molar-refractivity contribution in [2.45, 2.75) is 20.0 Å². The predicted octanol–water partition coefficient (Wildman–Crippen LogP) is 2.30. The Balaban J connectivity index is 1.96. The number of aromatic nitrogens is 1. The number of pyridine rings is 1. The summed E-state index contributed by atoms with van der Waals surface area (Å²) < 4.78 is 2.15. The normalized spacial score (nSPS) is 10.4. The lowest BCUT2D eigenvalue weighted by atomic mass is 10.3. The summed E-state index contributed by atoms with van der Waals surface area (Å²) in [4.78, 5) is 24.5. The van der Waals surface area contributed by atoms with Crippen molar-refractivity contribution in [3.63, 3.8) is 0 Å². The lowest BCUT2D eigenvalue weighted by molar-refractivity contribution is -0.121. The van der Waals surface area contributed by atoms with Crippen LogP contribution >= 0.6 is 27.3 Å². The number of carbonyl (C=O) groups is 1. The maximum atomic E-state index is 11.8. The number of hydrogen-bond acceptors (Lipinski definition) is 3. The minimum atomic E-state index is -0.189. The van der Waals surface area contributed by atoms with E-state index in [-0.39, 0.29) is 18.0 Å². The number of hydrogen-bond donors (Lipinski definition) is 1. The second-order valence-corrected chi connectivity index (χ2v) is 6.03. The van der Waals surface area contributed by atoms with Gasteiger partial charge in [0, 0.05) is 21.6 Å². The van der Waals surface area contributed by atoms with Crippen molar-refractivity contribution in [2.75, 3.05) is 0 Å². The lowest BCUT2D eigenvalue weighted by Gasteiger charge is -2.07. The number of nitrogens with one attached hydrogen (secondary N) is 1. The molecule has 100 valence electrons. The van der Waals surface area contributed by atoms with Crippen LogP contribution in [0.15, 0.2) is 39.0 Å². The van der Waals surface area contributed by atoms with Crippen LogP contribution in [-0.4, -0.2) is 10.5 Å². The second-order valence-electron chi connectivity index (χ2n) is 4.12. The van der Waals surface area contributed by atoms with Gasteiger partial charge in [-0.1, -0.05) is 0 Å². The minimum absolute atomic E-state index is 0.0305. The van der Waals surface area contributed by atoms with Crippen molar-refractivity contribution in [2.24, 2.45) is 0 Å². The Labute approximate surface area is 123 Å². The van der Waals surface area contributed by atoms with Crippen molar-refractivity contribution in [1.29, 1.82) is 0 Å². The average Bonchev–Trinajstić information content (AvgIpc) is 2.77. The van der Waals surface area contributed by atoms with E-state index < -0.39 is 0 Å². The van der Waals surface area contributed by atoms with Crippen molar-refractivity contribution in [1.82, 2.24) is 9.88 Å². The molecule has 0 aromatic carbocycles. The van der Waals surface area contributed by atoms with Gasteiger partial charge in [-0.25, -0.2) is 0 Å². The third-order valence-electron chi connectivity index (χ3n) is 2.68. The van der Waals surface area contributed by atoms with Crippen molar-refractivity contribution in [3.8, 4) is 0 Å². The molecular weight excluding hydrogens is 328 g/mol. The number of amides is 1. The lowest BCUT2D eigenvalue weighted by Crippen LogP contribution is -2.31. The summed E-state index contributed by atoms with van der Waals surface area (Å²) in [6.45, 7) is 2.55. The van der Waals surface area contributed by atoms with E-state index in [9.17, 15) is 9.59 Å². The van der Waals surface area contributed by atoms with E-state index in [1.54, 1.807) is 23.6 Å². The Morgan fingerprint density at radius 2 is 2.21 bits per heavy atom. The van der Waals surface area contributed by atoms with E-state index in [2.05, 4.69) is 21.2 Å². The van der Waals surface area contributed by atoms with Gasteiger partial charge in [0.2, 0.25) is 5.91 Å². The zero-order valence-corrected chi connectivity index (χ0v) is 12.8. The van der Waals surface area contributed by atoms with Crippen LogP contribution in [-0.2, 0) is 17.9 Å². The van der Waals surface area contributed by atoms with Gasteiger partial charge in [-0.15, -0.1) is 11.3 Å². The molecule has 0 aliphatic carbocycles. The Kier molecular flexibility index (Phi) is 4.55. The Morgan fingerprint density at radius 1 is 1.42 bits per heavy atom. The maximum Gasteiger partial charge on any atom is 0.251 e. The number of thiophene rings is 1. The summed E-state index contributed by atoms with van der Waals surface area (Å²) in [7, 11) is 0. The number of carbonyl (C=O) groups excluding carboxylic acids is 1. The van der Waals surface area contributed by atoms with E-state index in [0.29, 0.717) is 6.54 Å². The molecule has 19 heavy (non-hydrogen) atoms. The van der Waals surface area contributed by atoms with Gasteiger partial charge in [-0.05, 0) is 45.9 Å². The first kappa shape index (κ1) is 14.0. The Bertz CT molecular complexity index is 648. The quantitative estimate of drug-likeness (QED) is 0.928. The molecule has 0 unspecified atom stereocenters. The summed E-state index contributed by atoms with van der Waals surface area (Å²) in [5.74, 6) is -0.173. The van der Waals surface area contributed by atoms with Crippen LogP contribution in [0.3, 0.4) is 0 Å². The van der Waals surface area contributed by atoms with Gasteiger partial charge < -0.3 is 9.88 Å². The molecule has 0 spiro atoms. The van der Waals surface area contributed by atoms with Crippen molar-refractivity contribution >= 4 is 33.2 Å². The standard InChI is InChI=1S/C13H13BrN2O2S/c1-9-4-5-19-11(9)6-15-12(17)8-16-7-10(14)2-3-13(16)18/h2-5,7H,6,8H2,1H3,(H,15,17). The van der Waals surface area contributed by atoms with Crippen LogP contribution in [0, 0.1) is 6.92 Å². The van der Waals surface area contributed by atoms with Gasteiger partial charge in [-0.3, -0.25) is 9.59 Å². The molecule has 1 amide bonds. The molecule has 0 saturated carbocycles. The van der Waals surface area contributed by atoms with Crippen molar-refractivity contribution < 1.29 is 4.79 Å². The van der Waals surface area contributed by atoms with Crippen LogP contribution in [0.1, 0.15) is 10.4 Å². The van der Waals surface area contributed by atoms with Crippen LogP contribution in [0.5, 0.6) is 0 Å². The van der Waals surface area contributed by atoms with Crippen LogP contribution in [0.25, 0.3) is 0 Å². The summed E-state index contributed by atoms with van der Waals surface area (Å²) >= 11 is 4.89. The summed E-state index contributed by atoms with van der Waals surface area (Å²) in [6.07, 6.45) is 1.61. The molecule has 2 rings (SSSR count). The first-order chi connectivity index (χ1) is 9.06. The predicted molar refractivity (Wildman–Crippen MR) is 79.3 cm³/mol. The Morgan fingerprint density at radius 3 is 2.89 bits per heavy atom.